The average Bonchev–Trinajstić information content (AvgIpc) is 3.82. The molecule has 0 saturated heterocycles. The molecule has 1 saturated carbocycles. The molecule has 2 aliphatic heterocycles. The molecule has 14 heteroatoms. The van der Waals surface area contributed by atoms with Gasteiger partial charge in [-0.05, 0) is 163 Å². The molecule has 6 unspecified atom stereocenters. The number of aromatic amines is 1. The molecular weight excluding hydrogens is 1010 g/mol. The summed E-state index contributed by atoms with van der Waals surface area (Å²) in [5, 5.41) is 71.1. The van der Waals surface area contributed by atoms with E-state index in [1.165, 1.54) is 36.0 Å². The van der Waals surface area contributed by atoms with E-state index in [4.69, 9.17) is 18.9 Å². The normalized spacial score (nSPS) is 22.1. The predicted molar refractivity (Wildman–Crippen MR) is 314 cm³/mol. The molecule has 0 amide bonds. The third kappa shape index (κ3) is 11.9. The third-order valence-corrected chi connectivity index (χ3v) is 17.5. The van der Waals surface area contributed by atoms with Crippen LogP contribution in [0.25, 0.3) is 28.1 Å². The Bertz CT molecular complexity index is 3130. The quantitative estimate of drug-likeness (QED) is 0.0203. The molecule has 80 heavy (non-hydrogen) atoms. The monoisotopic (exact) mass is 1090 g/mol. The Morgan fingerprint density at radius 1 is 0.850 bits per heavy atom. The van der Waals surface area contributed by atoms with E-state index in [1.807, 2.05) is 25.3 Å². The van der Waals surface area contributed by atoms with Gasteiger partial charge in [0.1, 0.15) is 35.6 Å². The Kier molecular flexibility index (Phi) is 17.2. The molecule has 3 aliphatic carbocycles. The molecule has 6 atom stereocenters. The van der Waals surface area contributed by atoms with Gasteiger partial charge < -0.3 is 65.4 Å². The minimum atomic E-state index is -1.08. The maximum atomic E-state index is 12.0. The van der Waals surface area contributed by atoms with Crippen molar-refractivity contribution >= 4 is 17.0 Å². The maximum absolute atomic E-state index is 12.0. The van der Waals surface area contributed by atoms with Crippen LogP contribution in [0.2, 0.25) is 0 Å². The predicted octanol–water partition coefficient (Wildman–Crippen LogP) is 9.59. The van der Waals surface area contributed by atoms with Crippen molar-refractivity contribution in [3.8, 4) is 39.9 Å². The highest BCUT2D eigenvalue weighted by atomic mass is 16.6. The van der Waals surface area contributed by atoms with E-state index >= 15 is 0 Å². The van der Waals surface area contributed by atoms with E-state index in [2.05, 4.69) is 107 Å². The van der Waals surface area contributed by atoms with E-state index in [0.717, 1.165) is 93.4 Å². The van der Waals surface area contributed by atoms with Gasteiger partial charge in [-0.1, -0.05) is 81.6 Å². The molecule has 0 radical (unpaired) electrons. The van der Waals surface area contributed by atoms with Gasteiger partial charge in [-0.25, -0.2) is 0 Å². The van der Waals surface area contributed by atoms with Crippen LogP contribution >= 0.6 is 0 Å². The van der Waals surface area contributed by atoms with Crippen LogP contribution in [0.1, 0.15) is 135 Å². The zero-order chi connectivity index (χ0) is 55.4. The number of aliphatic hydroxyl groups excluding tert-OH is 2. The lowest BCUT2D eigenvalue weighted by Crippen LogP contribution is -2.56. The summed E-state index contributed by atoms with van der Waals surface area (Å²) < 4.78 is 28.2. The summed E-state index contributed by atoms with van der Waals surface area (Å²) in [6.07, 6.45) is 13.6. The highest BCUT2D eigenvalue weighted by molar-refractivity contribution is 5.90. The number of aryl methyl sites for hydroxylation is 1. The first-order chi connectivity index (χ1) is 38.9. The second-order valence-electron chi connectivity index (χ2n) is 24.0. The number of hydrogen-bond acceptors (Lipinski definition) is 13. The number of benzene rings is 5. The summed E-state index contributed by atoms with van der Waals surface area (Å²) in [6.45, 7) is 8.61. The van der Waals surface area contributed by atoms with E-state index in [1.54, 1.807) is 12.1 Å². The van der Waals surface area contributed by atoms with Gasteiger partial charge in [-0.15, -0.1) is 0 Å². The molecular formula is C66H83N5O9. The van der Waals surface area contributed by atoms with Crippen molar-refractivity contribution in [3.63, 3.8) is 0 Å². The molecule has 11 rings (SSSR count). The third-order valence-electron chi connectivity index (χ3n) is 17.5. The smallest absolute Gasteiger partial charge is 0.161 e. The SMILES string of the molecule is CC(C)CC(C)(O)CNCNCC1(OCNC2CCCCC2)Cc2c3c(c4c(c2OC1c1ccc(O)c(OCCO)c1)CCC(CO)O4)-c1ccc(O)c2c1C(C3)C(c1ccc3[nH]ccc3c1)C(CNCCCc1ccccc1)=C2. The van der Waals surface area contributed by atoms with Gasteiger partial charge in [-0.3, -0.25) is 5.32 Å². The Morgan fingerprint density at radius 3 is 2.49 bits per heavy atom. The second kappa shape index (κ2) is 24.6. The Labute approximate surface area is 471 Å². The van der Waals surface area contributed by atoms with Crippen molar-refractivity contribution in [2.75, 3.05) is 59.4 Å². The molecule has 3 heterocycles. The number of fused-ring (bicyclic) bond motifs is 8. The molecule has 1 fully saturated rings. The zero-order valence-corrected chi connectivity index (χ0v) is 46.9. The molecule has 5 aliphatic rings. The number of aromatic hydroxyl groups is 2. The lowest BCUT2D eigenvalue weighted by Gasteiger charge is -2.48. The molecule has 6 aromatic rings. The maximum Gasteiger partial charge on any atom is 0.161 e. The molecule has 0 spiro atoms. The first-order valence-electron chi connectivity index (χ1n) is 29.5. The molecule has 14 nitrogen and oxygen atoms in total. The Balaban J connectivity index is 1.05. The van der Waals surface area contributed by atoms with Crippen molar-refractivity contribution in [3.05, 3.63) is 141 Å². The molecule has 0 bridgehead atoms. The average molecular weight is 1090 g/mol. The van der Waals surface area contributed by atoms with Crippen LogP contribution in [0.4, 0.5) is 0 Å². The van der Waals surface area contributed by atoms with Gasteiger partial charge in [0.15, 0.2) is 17.6 Å². The van der Waals surface area contributed by atoms with Crippen LogP contribution in [0.3, 0.4) is 0 Å². The topological polar surface area (TPSA) is 202 Å². The van der Waals surface area contributed by atoms with Crippen molar-refractivity contribution < 1.29 is 44.5 Å². The van der Waals surface area contributed by atoms with Crippen LogP contribution < -0.4 is 35.5 Å². The number of ether oxygens (including phenoxy) is 4. The van der Waals surface area contributed by atoms with Crippen LogP contribution in [-0.2, 0) is 30.4 Å². The molecule has 426 valence electrons. The summed E-state index contributed by atoms with van der Waals surface area (Å²) in [5.74, 6) is 2.02. The summed E-state index contributed by atoms with van der Waals surface area (Å²) in [6, 6.07) is 29.0. The Morgan fingerprint density at radius 2 is 1.68 bits per heavy atom. The Hall–Kier alpha value is -5.94. The van der Waals surface area contributed by atoms with E-state index in [9.17, 15) is 25.5 Å². The standard InChI is InChI=1S/C66H83N5O9/c1-41(2)33-65(3,76)37-68-39-69-38-66(78-40-71-47-14-8-5-9-15-47)34-54-51-32-53-59(44-16-21-55-43(29-44)24-26-70-55)46(35-67-25-10-13-42-11-6-4-7-12-42)30-52-56(74)23-20-49(60(52)53)61(51)63-50(19-18-48(36-73)79-63)62(54)80-64(66)45-17-22-57(75)58(31-45)77-28-27-72/h4,6-7,11-12,16-17,20-24,26,29-31,41,47-48,53,59,64,67-76H,5,8-10,13-15,18-19,25,27-28,32-40H2,1-3H3. The minimum Gasteiger partial charge on any atom is -0.507 e. The summed E-state index contributed by atoms with van der Waals surface area (Å²) in [5.41, 5.74) is 10.5. The van der Waals surface area contributed by atoms with E-state index in [-0.39, 0.29) is 55.6 Å². The van der Waals surface area contributed by atoms with E-state index in [0.29, 0.717) is 76.1 Å². The van der Waals surface area contributed by atoms with Crippen LogP contribution in [0.5, 0.6) is 28.7 Å². The lowest BCUT2D eigenvalue weighted by atomic mass is 9.62. The van der Waals surface area contributed by atoms with Gasteiger partial charge in [0.05, 0.1) is 25.5 Å². The van der Waals surface area contributed by atoms with Crippen LogP contribution in [0.15, 0.2) is 96.7 Å². The van der Waals surface area contributed by atoms with E-state index < -0.39 is 23.4 Å². The summed E-state index contributed by atoms with van der Waals surface area (Å²) in [4.78, 5) is 3.41. The number of rotatable bonds is 24. The van der Waals surface area contributed by atoms with Gasteiger partial charge in [0, 0.05) is 78.7 Å². The highest BCUT2D eigenvalue weighted by Crippen LogP contribution is 2.61. The van der Waals surface area contributed by atoms with Crippen molar-refractivity contribution in [2.24, 2.45) is 5.92 Å². The lowest BCUT2D eigenvalue weighted by molar-refractivity contribution is -0.132. The molecule has 5 aromatic carbocycles. The number of nitrogens with one attached hydrogen (secondary N) is 5. The van der Waals surface area contributed by atoms with Crippen molar-refractivity contribution in [1.29, 1.82) is 0 Å². The van der Waals surface area contributed by atoms with Crippen LogP contribution in [0, 0.1) is 5.92 Å². The number of aromatic nitrogens is 1. The zero-order valence-electron chi connectivity index (χ0n) is 46.9. The van der Waals surface area contributed by atoms with Gasteiger partial charge in [-0.2, -0.15) is 0 Å². The first kappa shape index (κ1) is 55.9. The largest absolute Gasteiger partial charge is 0.507 e. The fourth-order valence-corrected chi connectivity index (χ4v) is 14.0. The van der Waals surface area contributed by atoms with Crippen molar-refractivity contribution in [1.82, 2.24) is 26.3 Å². The number of phenolic OH excluding ortho intramolecular Hbond substituents is 2. The number of phenols is 2. The number of hydrogen-bond donors (Lipinski definition) is 10. The van der Waals surface area contributed by atoms with Crippen LogP contribution in [-0.4, -0.2) is 113 Å². The fourth-order valence-electron chi connectivity index (χ4n) is 14.0. The number of H-pyrrole nitrogens is 1. The highest BCUT2D eigenvalue weighted by Gasteiger charge is 2.51. The number of aliphatic hydroxyl groups is 3. The minimum absolute atomic E-state index is 0.00145. The molecule has 1 aromatic heterocycles. The van der Waals surface area contributed by atoms with Gasteiger partial charge >= 0.3 is 0 Å². The first-order valence-corrected chi connectivity index (χ1v) is 29.5. The van der Waals surface area contributed by atoms with Gasteiger partial charge in [0.25, 0.3) is 0 Å². The fraction of sp³-hybridized carbons (Fsp3) is 0.485. The second-order valence-corrected chi connectivity index (χ2v) is 24.0. The summed E-state index contributed by atoms with van der Waals surface area (Å²) in [7, 11) is 0. The summed E-state index contributed by atoms with van der Waals surface area (Å²) >= 11 is 0. The van der Waals surface area contributed by atoms with Crippen molar-refractivity contribution in [2.45, 2.75) is 139 Å². The molecule has 10 N–H and O–H groups in total. The van der Waals surface area contributed by atoms with Gasteiger partial charge in [0.2, 0.25) is 0 Å².